The summed E-state index contributed by atoms with van der Waals surface area (Å²) >= 11 is 0. The number of nitrogens with two attached hydrogens (primary N) is 1. The molecule has 0 heterocycles. The largest absolute Gasteiger partial charge is 0.397 e. The molecule has 1 atom stereocenters. The van der Waals surface area contributed by atoms with E-state index in [2.05, 4.69) is 33.0 Å². The van der Waals surface area contributed by atoms with Crippen molar-refractivity contribution in [1.29, 1.82) is 0 Å². The summed E-state index contributed by atoms with van der Waals surface area (Å²) in [7, 11) is 4.00. The van der Waals surface area contributed by atoms with Crippen molar-refractivity contribution in [3.8, 4) is 0 Å². The van der Waals surface area contributed by atoms with E-state index in [9.17, 15) is 9.59 Å². The van der Waals surface area contributed by atoms with Gasteiger partial charge in [0.05, 0.1) is 11.4 Å². The molecular formula is C30H35N5O2. The number of carbonyl (C=O) groups excluding carboxylic acids is 2. The molecule has 4 rings (SSSR count). The second-order valence-electron chi connectivity index (χ2n) is 9.65. The number of hydrogen-bond acceptors (Lipinski definition) is 5. The predicted molar refractivity (Wildman–Crippen MR) is 151 cm³/mol. The summed E-state index contributed by atoms with van der Waals surface area (Å²) in [5, 5.41) is 9.21. The van der Waals surface area contributed by atoms with Crippen LogP contribution in [0.3, 0.4) is 0 Å². The molecule has 192 valence electrons. The zero-order valence-corrected chi connectivity index (χ0v) is 21.4. The highest BCUT2D eigenvalue weighted by Crippen LogP contribution is 2.40. The molecular weight excluding hydrogens is 462 g/mol. The van der Waals surface area contributed by atoms with Gasteiger partial charge < -0.3 is 26.6 Å². The Bertz CT molecular complexity index is 1230. The maximum absolute atomic E-state index is 13.3. The van der Waals surface area contributed by atoms with E-state index < -0.39 is 6.04 Å². The van der Waals surface area contributed by atoms with Gasteiger partial charge in [-0.3, -0.25) is 9.59 Å². The topological polar surface area (TPSA) is 99.5 Å². The van der Waals surface area contributed by atoms with Crippen LogP contribution >= 0.6 is 0 Å². The van der Waals surface area contributed by atoms with Gasteiger partial charge >= 0.3 is 0 Å². The van der Waals surface area contributed by atoms with Crippen LogP contribution in [0.15, 0.2) is 78.9 Å². The van der Waals surface area contributed by atoms with Gasteiger partial charge in [0.15, 0.2) is 0 Å². The molecule has 5 N–H and O–H groups in total. The summed E-state index contributed by atoms with van der Waals surface area (Å²) in [6, 6.07) is 22.4. The molecule has 0 saturated heterocycles. The standard InChI is InChI=1S/C30H35N5O2/c1-35(2)20-19-32-29(30(37)33-25-16-14-23(15-17-25)22-12-13-22)24-10-7-21(8-11-24)9-18-28(36)34-27-6-4-3-5-26(27)31/h3-11,14-18,22,29,32H,12-13,19-20,31H2,1-2H3,(H,33,37)(H,34,36). The van der Waals surface area contributed by atoms with E-state index in [-0.39, 0.29) is 11.8 Å². The molecule has 1 unspecified atom stereocenters. The van der Waals surface area contributed by atoms with E-state index in [0.29, 0.717) is 23.8 Å². The molecule has 0 spiro atoms. The summed E-state index contributed by atoms with van der Waals surface area (Å²) in [6.07, 6.45) is 5.70. The number of nitrogens with one attached hydrogen (secondary N) is 3. The molecule has 3 aromatic carbocycles. The third-order valence-electron chi connectivity index (χ3n) is 6.31. The minimum absolute atomic E-state index is 0.110. The Hall–Kier alpha value is -3.94. The number of nitrogens with zero attached hydrogens (tertiary/aromatic N) is 1. The van der Waals surface area contributed by atoms with Crippen molar-refractivity contribution >= 4 is 35.0 Å². The second-order valence-corrected chi connectivity index (χ2v) is 9.65. The molecule has 1 fully saturated rings. The molecule has 2 amide bonds. The fraction of sp³-hybridized carbons (Fsp3) is 0.267. The molecule has 0 aromatic heterocycles. The van der Waals surface area contributed by atoms with E-state index in [0.717, 1.165) is 23.4 Å². The highest BCUT2D eigenvalue weighted by atomic mass is 16.2. The predicted octanol–water partition coefficient (Wildman–Crippen LogP) is 4.63. The highest BCUT2D eigenvalue weighted by Gasteiger charge is 2.24. The Morgan fingerprint density at radius 3 is 2.32 bits per heavy atom. The summed E-state index contributed by atoms with van der Waals surface area (Å²) in [5.74, 6) is 0.304. The second kappa shape index (κ2) is 12.3. The molecule has 1 saturated carbocycles. The molecule has 1 aliphatic carbocycles. The van der Waals surface area contributed by atoms with Crippen LogP contribution in [0.1, 0.15) is 41.5 Å². The lowest BCUT2D eigenvalue weighted by Crippen LogP contribution is -2.36. The van der Waals surface area contributed by atoms with Crippen molar-refractivity contribution in [3.63, 3.8) is 0 Å². The fourth-order valence-corrected chi connectivity index (χ4v) is 4.02. The lowest BCUT2D eigenvalue weighted by atomic mass is 10.0. The van der Waals surface area contributed by atoms with Crippen molar-refractivity contribution in [1.82, 2.24) is 10.2 Å². The number of amides is 2. The number of nitrogen functional groups attached to an aromatic ring is 1. The third kappa shape index (κ3) is 7.77. The number of rotatable bonds is 11. The highest BCUT2D eigenvalue weighted by molar-refractivity contribution is 6.03. The van der Waals surface area contributed by atoms with Gasteiger partial charge in [0.25, 0.3) is 0 Å². The average Bonchev–Trinajstić information content (AvgIpc) is 3.73. The SMILES string of the molecule is CN(C)CCNC(C(=O)Nc1ccc(C2CC2)cc1)c1ccc(C=CC(=O)Nc2ccccc2N)cc1. The van der Waals surface area contributed by atoms with Gasteiger partial charge in [0, 0.05) is 24.9 Å². The number of anilines is 3. The average molecular weight is 498 g/mol. The van der Waals surface area contributed by atoms with Crippen LogP contribution in [0.2, 0.25) is 0 Å². The lowest BCUT2D eigenvalue weighted by molar-refractivity contribution is -0.118. The van der Waals surface area contributed by atoms with Crippen molar-refractivity contribution < 1.29 is 9.59 Å². The van der Waals surface area contributed by atoms with E-state index in [1.54, 1.807) is 18.2 Å². The van der Waals surface area contributed by atoms with E-state index in [4.69, 9.17) is 5.73 Å². The van der Waals surface area contributed by atoms with Crippen molar-refractivity contribution in [3.05, 3.63) is 95.6 Å². The van der Waals surface area contributed by atoms with Crippen LogP contribution in [-0.4, -0.2) is 43.9 Å². The molecule has 7 nitrogen and oxygen atoms in total. The van der Waals surface area contributed by atoms with Crippen LogP contribution in [0, 0.1) is 0 Å². The Morgan fingerprint density at radius 1 is 0.973 bits per heavy atom. The molecule has 37 heavy (non-hydrogen) atoms. The summed E-state index contributed by atoms with van der Waals surface area (Å²) in [4.78, 5) is 27.6. The molecule has 0 aliphatic heterocycles. The van der Waals surface area contributed by atoms with Crippen LogP contribution < -0.4 is 21.7 Å². The summed E-state index contributed by atoms with van der Waals surface area (Å²) in [5.41, 5.74) is 10.8. The van der Waals surface area contributed by atoms with Gasteiger partial charge in [-0.05, 0) is 79.9 Å². The van der Waals surface area contributed by atoms with Gasteiger partial charge in [-0.2, -0.15) is 0 Å². The maximum Gasteiger partial charge on any atom is 0.248 e. The van der Waals surface area contributed by atoms with Crippen LogP contribution in [0.5, 0.6) is 0 Å². The van der Waals surface area contributed by atoms with Gasteiger partial charge in [0.1, 0.15) is 6.04 Å². The zero-order chi connectivity index (χ0) is 26.2. The third-order valence-corrected chi connectivity index (χ3v) is 6.31. The lowest BCUT2D eigenvalue weighted by Gasteiger charge is -2.20. The van der Waals surface area contributed by atoms with Gasteiger partial charge in [0.2, 0.25) is 11.8 Å². The summed E-state index contributed by atoms with van der Waals surface area (Å²) in [6.45, 7) is 1.47. The molecule has 7 heteroatoms. The maximum atomic E-state index is 13.3. The van der Waals surface area contributed by atoms with Crippen molar-refractivity contribution in [2.75, 3.05) is 43.6 Å². The zero-order valence-electron chi connectivity index (χ0n) is 21.4. The minimum Gasteiger partial charge on any atom is -0.397 e. The van der Waals surface area contributed by atoms with Gasteiger partial charge in [-0.25, -0.2) is 0 Å². The summed E-state index contributed by atoms with van der Waals surface area (Å²) < 4.78 is 0. The molecule has 0 radical (unpaired) electrons. The molecule has 1 aliphatic rings. The Morgan fingerprint density at radius 2 is 1.68 bits per heavy atom. The van der Waals surface area contributed by atoms with E-state index in [1.807, 2.05) is 62.6 Å². The molecule has 0 bridgehead atoms. The number of hydrogen-bond donors (Lipinski definition) is 4. The van der Waals surface area contributed by atoms with E-state index in [1.165, 1.54) is 24.5 Å². The number of para-hydroxylation sites is 2. The Labute approximate surface area is 218 Å². The monoisotopic (exact) mass is 497 g/mol. The Kier molecular flexibility index (Phi) is 8.72. The molecule has 3 aromatic rings. The van der Waals surface area contributed by atoms with Crippen LogP contribution in [0.4, 0.5) is 17.1 Å². The number of carbonyl (C=O) groups is 2. The smallest absolute Gasteiger partial charge is 0.248 e. The van der Waals surface area contributed by atoms with Crippen molar-refractivity contribution in [2.45, 2.75) is 24.8 Å². The van der Waals surface area contributed by atoms with Crippen LogP contribution in [0.25, 0.3) is 6.08 Å². The fourth-order valence-electron chi connectivity index (χ4n) is 4.02. The first-order chi connectivity index (χ1) is 17.9. The van der Waals surface area contributed by atoms with Gasteiger partial charge in [-0.1, -0.05) is 48.5 Å². The van der Waals surface area contributed by atoms with Crippen molar-refractivity contribution in [2.24, 2.45) is 0 Å². The Balaban J connectivity index is 1.41. The number of benzene rings is 3. The first kappa shape index (κ1) is 26.1. The quantitative estimate of drug-likeness (QED) is 0.229. The van der Waals surface area contributed by atoms with Crippen LogP contribution in [-0.2, 0) is 9.59 Å². The first-order valence-electron chi connectivity index (χ1n) is 12.6. The number of likely N-dealkylation sites (N-methyl/N-ethyl adjacent to an activating group) is 1. The normalized spacial score (nSPS) is 14.0. The van der Waals surface area contributed by atoms with E-state index >= 15 is 0 Å². The minimum atomic E-state index is -0.509. The van der Waals surface area contributed by atoms with Gasteiger partial charge in [-0.15, -0.1) is 0 Å². The first-order valence-corrected chi connectivity index (χ1v) is 12.6.